The highest BCUT2D eigenvalue weighted by molar-refractivity contribution is 5.40. The molecule has 0 unspecified atom stereocenters. The van der Waals surface area contributed by atoms with Crippen molar-refractivity contribution in [2.45, 2.75) is 174 Å². The van der Waals surface area contributed by atoms with Gasteiger partial charge in [-0.2, -0.15) is 15.0 Å². The maximum Gasteiger partial charge on any atom is 0.230 e. The van der Waals surface area contributed by atoms with Crippen LogP contribution in [0.3, 0.4) is 0 Å². The largest absolute Gasteiger partial charge is 0.349 e. The number of aryl methyl sites for hydroxylation is 1. The van der Waals surface area contributed by atoms with Gasteiger partial charge in [-0.05, 0) is 149 Å². The third-order valence-electron chi connectivity index (χ3n) is 10.8. The van der Waals surface area contributed by atoms with Gasteiger partial charge in [0.25, 0.3) is 0 Å². The summed E-state index contributed by atoms with van der Waals surface area (Å²) in [5, 5.41) is 3.49. The quantitative estimate of drug-likeness (QED) is 0.273. The highest BCUT2D eigenvalue weighted by Gasteiger charge is 2.46. The van der Waals surface area contributed by atoms with E-state index < -0.39 is 0 Å². The highest BCUT2D eigenvalue weighted by Crippen LogP contribution is 2.40. The van der Waals surface area contributed by atoms with Crippen molar-refractivity contribution >= 4 is 11.9 Å². The lowest BCUT2D eigenvalue weighted by Crippen LogP contribution is -2.63. The second-order valence-electron chi connectivity index (χ2n) is 17.5. The molecule has 43 heavy (non-hydrogen) atoms. The van der Waals surface area contributed by atoms with Crippen molar-refractivity contribution in [1.29, 1.82) is 0 Å². The molecule has 0 bridgehead atoms. The van der Waals surface area contributed by atoms with Crippen LogP contribution in [0.1, 0.15) is 133 Å². The van der Waals surface area contributed by atoms with Crippen molar-refractivity contribution in [2.24, 2.45) is 0 Å². The van der Waals surface area contributed by atoms with Crippen molar-refractivity contribution in [3.05, 3.63) is 5.82 Å². The molecular formula is C35H68N8. The highest BCUT2D eigenvalue weighted by atomic mass is 15.3. The first-order valence-corrected chi connectivity index (χ1v) is 17.0. The van der Waals surface area contributed by atoms with E-state index in [9.17, 15) is 0 Å². The van der Waals surface area contributed by atoms with Gasteiger partial charge in [0.1, 0.15) is 5.82 Å². The number of anilines is 2. The molecule has 0 amide bonds. The van der Waals surface area contributed by atoms with E-state index in [-0.39, 0.29) is 27.7 Å². The van der Waals surface area contributed by atoms with Crippen LogP contribution in [0.15, 0.2) is 0 Å². The minimum Gasteiger partial charge on any atom is -0.349 e. The Hall–Kier alpha value is -1.51. The fourth-order valence-electron chi connectivity index (χ4n) is 7.78. The minimum absolute atomic E-state index is 0.0981. The summed E-state index contributed by atoms with van der Waals surface area (Å²) in [5.41, 5.74) is 0.551. The molecule has 2 saturated heterocycles. The van der Waals surface area contributed by atoms with Crippen LogP contribution in [0, 0.1) is 6.92 Å². The summed E-state index contributed by atoms with van der Waals surface area (Å²) in [4.78, 5) is 24.9. The number of aromatic nitrogens is 3. The Morgan fingerprint density at radius 2 is 1.14 bits per heavy atom. The molecule has 248 valence electrons. The average Bonchev–Trinajstić information content (AvgIpc) is 2.82. The summed E-state index contributed by atoms with van der Waals surface area (Å²) in [5.74, 6) is 2.28. The zero-order chi connectivity index (χ0) is 32.6. The van der Waals surface area contributed by atoms with Crippen LogP contribution in [0.2, 0.25) is 0 Å². The number of rotatable bonds is 11. The first-order valence-electron chi connectivity index (χ1n) is 17.0. The van der Waals surface area contributed by atoms with Crippen molar-refractivity contribution < 1.29 is 0 Å². The fraction of sp³-hybridized carbons (Fsp3) is 0.914. The minimum atomic E-state index is -0.111. The van der Waals surface area contributed by atoms with E-state index in [0.29, 0.717) is 18.0 Å². The van der Waals surface area contributed by atoms with Crippen LogP contribution in [0.4, 0.5) is 11.9 Å². The average molecular weight is 601 g/mol. The first kappa shape index (κ1) is 36.0. The van der Waals surface area contributed by atoms with Gasteiger partial charge < -0.3 is 15.1 Å². The van der Waals surface area contributed by atoms with E-state index >= 15 is 0 Å². The van der Waals surface area contributed by atoms with E-state index in [4.69, 9.17) is 9.97 Å². The van der Waals surface area contributed by atoms with E-state index in [1.807, 2.05) is 6.92 Å². The predicted octanol–water partition coefficient (Wildman–Crippen LogP) is 6.99. The smallest absolute Gasteiger partial charge is 0.230 e. The number of likely N-dealkylation sites (tertiary alicyclic amines) is 2. The summed E-state index contributed by atoms with van der Waals surface area (Å²) in [7, 11) is 6.93. The third-order valence-corrected chi connectivity index (χ3v) is 10.8. The second-order valence-corrected chi connectivity index (χ2v) is 17.5. The fourth-order valence-corrected chi connectivity index (χ4v) is 7.78. The van der Waals surface area contributed by atoms with Crippen LogP contribution < -0.4 is 10.2 Å². The second kappa shape index (κ2) is 13.1. The molecule has 1 N–H and O–H groups in total. The predicted molar refractivity (Wildman–Crippen MR) is 184 cm³/mol. The lowest BCUT2D eigenvalue weighted by molar-refractivity contribution is -0.0426. The van der Waals surface area contributed by atoms with E-state index in [2.05, 4.69) is 127 Å². The van der Waals surface area contributed by atoms with Crippen LogP contribution in [0.25, 0.3) is 0 Å². The summed E-state index contributed by atoms with van der Waals surface area (Å²) in [6.07, 6.45) is 9.54. The topological polar surface area (TPSA) is 63.7 Å². The van der Waals surface area contributed by atoms with Gasteiger partial charge in [-0.3, -0.25) is 9.80 Å². The molecule has 0 spiro atoms. The molecule has 3 rings (SSSR count). The molecule has 2 aliphatic rings. The first-order chi connectivity index (χ1) is 19.5. The summed E-state index contributed by atoms with van der Waals surface area (Å²) in [6.45, 7) is 29.7. The molecule has 0 aliphatic carbocycles. The normalized spacial score (nSPS) is 23.1. The molecule has 0 radical (unpaired) electrons. The molecule has 1 aromatic heterocycles. The van der Waals surface area contributed by atoms with Crippen LogP contribution in [0.5, 0.6) is 0 Å². The maximum absolute atomic E-state index is 5.00. The Kier molecular flexibility index (Phi) is 10.9. The number of nitrogens with one attached hydrogen (secondary N) is 1. The Bertz CT molecular complexity index is 1020. The van der Waals surface area contributed by atoms with Gasteiger partial charge in [0.15, 0.2) is 0 Å². The van der Waals surface area contributed by atoms with Crippen molar-refractivity contribution in [3.8, 4) is 0 Å². The SMILES string of the molecule is Cc1nc(NC(C)(C)C)nc(N(CCCCCCN(C)C2CC(C)(C)N(C)C(C)(C)C2)C2CC(C)(C)N(C)C(C)(C)C2)n1. The Labute approximate surface area is 265 Å². The number of unbranched alkanes of at least 4 members (excludes halogenated alkanes) is 3. The number of hydrogen-bond acceptors (Lipinski definition) is 8. The molecule has 8 heteroatoms. The molecule has 2 fully saturated rings. The summed E-state index contributed by atoms with van der Waals surface area (Å²) < 4.78 is 0. The number of piperidine rings is 2. The maximum atomic E-state index is 5.00. The lowest BCUT2D eigenvalue weighted by Gasteiger charge is -2.55. The van der Waals surface area contributed by atoms with Gasteiger partial charge >= 0.3 is 0 Å². The van der Waals surface area contributed by atoms with Gasteiger partial charge in [0.05, 0.1) is 0 Å². The zero-order valence-electron chi connectivity index (χ0n) is 30.9. The van der Waals surface area contributed by atoms with Crippen LogP contribution in [-0.2, 0) is 0 Å². The molecular weight excluding hydrogens is 532 g/mol. The van der Waals surface area contributed by atoms with Crippen molar-refractivity contribution in [1.82, 2.24) is 29.7 Å². The van der Waals surface area contributed by atoms with E-state index in [1.54, 1.807) is 0 Å². The van der Waals surface area contributed by atoms with Gasteiger partial charge in [0.2, 0.25) is 11.9 Å². The molecule has 1 aromatic rings. The van der Waals surface area contributed by atoms with Gasteiger partial charge in [0, 0.05) is 46.3 Å². The Balaban J connectivity index is 1.66. The summed E-state index contributed by atoms with van der Waals surface area (Å²) in [6, 6.07) is 1.03. The van der Waals surface area contributed by atoms with E-state index in [0.717, 1.165) is 37.6 Å². The van der Waals surface area contributed by atoms with Gasteiger partial charge in [-0.25, -0.2) is 0 Å². The van der Waals surface area contributed by atoms with Crippen molar-refractivity contribution in [3.63, 3.8) is 0 Å². The van der Waals surface area contributed by atoms with Crippen LogP contribution >= 0.6 is 0 Å². The lowest BCUT2D eigenvalue weighted by atomic mass is 9.77. The molecule has 2 aliphatic heterocycles. The number of hydrogen-bond donors (Lipinski definition) is 1. The Morgan fingerprint density at radius 1 is 0.698 bits per heavy atom. The standard InChI is InChI=1S/C35H68N8/c1-26-36-29(39-31(2,3)4)38-30(37-26)43(28-24-34(9,10)42(15)35(11,12)25-28)21-19-17-16-18-20-40(13)27-22-32(5,6)41(14)33(7,8)23-27/h27-28H,16-25H2,1-15H3,(H,36,37,38,39). The Morgan fingerprint density at radius 3 is 1.60 bits per heavy atom. The molecule has 8 nitrogen and oxygen atoms in total. The van der Waals surface area contributed by atoms with Gasteiger partial charge in [-0.1, -0.05) is 12.8 Å². The zero-order valence-corrected chi connectivity index (χ0v) is 30.9. The molecule has 0 atom stereocenters. The third kappa shape index (κ3) is 9.26. The van der Waals surface area contributed by atoms with E-state index in [1.165, 1.54) is 38.6 Å². The van der Waals surface area contributed by atoms with Crippen molar-refractivity contribution in [2.75, 3.05) is 44.4 Å². The van der Waals surface area contributed by atoms with Gasteiger partial charge in [-0.15, -0.1) is 0 Å². The molecule has 3 heterocycles. The molecule has 0 aromatic carbocycles. The molecule has 0 saturated carbocycles. The number of nitrogens with zero attached hydrogens (tertiary/aromatic N) is 7. The van der Waals surface area contributed by atoms with Crippen LogP contribution in [-0.4, -0.2) is 104 Å². The monoisotopic (exact) mass is 601 g/mol. The summed E-state index contributed by atoms with van der Waals surface area (Å²) >= 11 is 0.